The zero-order chi connectivity index (χ0) is 23.8. The summed E-state index contributed by atoms with van der Waals surface area (Å²) in [6, 6.07) is 16.1. The molecule has 1 aliphatic heterocycles. The van der Waals surface area contributed by atoms with Crippen LogP contribution < -0.4 is 10.1 Å². The van der Waals surface area contributed by atoms with Gasteiger partial charge in [-0.05, 0) is 74.2 Å². The molecule has 1 aromatic heterocycles. The van der Waals surface area contributed by atoms with Crippen molar-refractivity contribution in [3.8, 4) is 17.1 Å². The number of piperidine rings is 1. The summed E-state index contributed by atoms with van der Waals surface area (Å²) in [6.07, 6.45) is 3.28. The van der Waals surface area contributed by atoms with Crippen molar-refractivity contribution < 1.29 is 14.1 Å². The van der Waals surface area contributed by atoms with Crippen LogP contribution in [0.15, 0.2) is 53.1 Å². The molecule has 1 N–H and O–H groups in total. The topological polar surface area (TPSA) is 80.5 Å². The van der Waals surface area contributed by atoms with Gasteiger partial charge in [0.25, 0.3) is 0 Å². The molecule has 0 aliphatic carbocycles. The van der Waals surface area contributed by atoms with Crippen molar-refractivity contribution in [3.63, 3.8) is 0 Å². The number of benzene rings is 2. The number of nitrogens with zero attached hydrogens (tertiary/aromatic N) is 3. The first kappa shape index (κ1) is 24.0. The Bertz CT molecular complexity index is 1040. The Morgan fingerprint density at radius 3 is 2.50 bits per heavy atom. The summed E-state index contributed by atoms with van der Waals surface area (Å²) in [7, 11) is 0. The number of aromatic nitrogens is 2. The average molecular weight is 463 g/mol. The van der Waals surface area contributed by atoms with Crippen molar-refractivity contribution in [1.29, 1.82) is 0 Å². The second-order valence-electron chi connectivity index (χ2n) is 9.02. The highest BCUT2D eigenvalue weighted by Crippen LogP contribution is 2.21. The van der Waals surface area contributed by atoms with E-state index in [0.717, 1.165) is 29.3 Å². The summed E-state index contributed by atoms with van der Waals surface area (Å²) >= 11 is 0. The predicted octanol–water partition coefficient (Wildman–Crippen LogP) is 4.62. The van der Waals surface area contributed by atoms with Gasteiger partial charge in [0.1, 0.15) is 5.75 Å². The molecule has 0 atom stereocenters. The zero-order valence-electron chi connectivity index (χ0n) is 20.1. The molecule has 3 aromatic rings. The van der Waals surface area contributed by atoms with E-state index in [1.54, 1.807) is 0 Å². The minimum atomic E-state index is -0.0349. The van der Waals surface area contributed by atoms with Gasteiger partial charge >= 0.3 is 0 Å². The average Bonchev–Trinajstić information content (AvgIpc) is 3.33. The van der Waals surface area contributed by atoms with Gasteiger partial charge in [-0.3, -0.25) is 9.69 Å². The summed E-state index contributed by atoms with van der Waals surface area (Å²) in [5.41, 5.74) is 3.27. The molecule has 0 radical (unpaired) electrons. The molecule has 34 heavy (non-hydrogen) atoms. The van der Waals surface area contributed by atoms with Crippen LogP contribution in [-0.2, 0) is 24.3 Å². The number of hydrogen-bond acceptors (Lipinski definition) is 6. The maximum absolute atomic E-state index is 12.3. The molecule has 1 amide bonds. The van der Waals surface area contributed by atoms with Gasteiger partial charge in [0.05, 0.1) is 6.61 Å². The fourth-order valence-electron chi connectivity index (χ4n) is 4.09. The third-order valence-corrected chi connectivity index (χ3v) is 6.25. The molecule has 1 fully saturated rings. The number of nitrogens with one attached hydrogen (secondary N) is 1. The van der Waals surface area contributed by atoms with Gasteiger partial charge in [0.15, 0.2) is 0 Å². The number of likely N-dealkylation sites (tertiary alicyclic amines) is 1. The summed E-state index contributed by atoms with van der Waals surface area (Å²) in [5.74, 6) is 2.58. The van der Waals surface area contributed by atoms with Gasteiger partial charge < -0.3 is 14.6 Å². The fourth-order valence-corrected chi connectivity index (χ4v) is 4.09. The third-order valence-electron chi connectivity index (χ3n) is 6.25. The molecule has 0 bridgehead atoms. The number of rotatable bonds is 10. The molecule has 2 heterocycles. The Kier molecular flexibility index (Phi) is 8.31. The normalized spacial score (nSPS) is 14.8. The van der Waals surface area contributed by atoms with Gasteiger partial charge in [-0.25, -0.2) is 0 Å². The van der Waals surface area contributed by atoms with E-state index in [1.165, 1.54) is 31.5 Å². The predicted molar refractivity (Wildman–Crippen MR) is 131 cm³/mol. The summed E-state index contributed by atoms with van der Waals surface area (Å²) < 4.78 is 10.8. The van der Waals surface area contributed by atoms with Crippen LogP contribution in [0.5, 0.6) is 5.75 Å². The van der Waals surface area contributed by atoms with Crippen molar-refractivity contribution in [2.24, 2.45) is 5.92 Å². The van der Waals surface area contributed by atoms with E-state index in [4.69, 9.17) is 9.26 Å². The molecule has 0 spiro atoms. The van der Waals surface area contributed by atoms with Crippen LogP contribution in [0.4, 0.5) is 0 Å². The van der Waals surface area contributed by atoms with Crippen LogP contribution in [0.2, 0.25) is 0 Å². The second kappa shape index (κ2) is 11.8. The Labute approximate surface area is 201 Å². The van der Waals surface area contributed by atoms with Crippen LogP contribution in [0.1, 0.15) is 50.1 Å². The number of amides is 1. The van der Waals surface area contributed by atoms with Crippen LogP contribution in [0, 0.1) is 5.92 Å². The number of hydrogen-bond donors (Lipinski definition) is 1. The quantitative estimate of drug-likeness (QED) is 0.474. The number of carbonyl (C=O) groups excluding carboxylic acids is 1. The summed E-state index contributed by atoms with van der Waals surface area (Å²) in [6.45, 7) is 8.79. The van der Waals surface area contributed by atoms with Gasteiger partial charge in [0, 0.05) is 31.5 Å². The van der Waals surface area contributed by atoms with Crippen molar-refractivity contribution in [2.75, 3.05) is 19.7 Å². The van der Waals surface area contributed by atoms with Crippen LogP contribution >= 0.6 is 0 Å². The van der Waals surface area contributed by atoms with E-state index < -0.39 is 0 Å². The lowest BCUT2D eigenvalue weighted by atomic mass is 9.99. The molecule has 2 aromatic carbocycles. The standard InChI is InChI=1S/C27H34N4O3/c1-3-33-24-10-8-23(9-11-24)27-29-26(34-30-27)13-12-25(32)28-18-21-4-6-22(7-5-21)19-31-16-14-20(2)15-17-31/h4-11,20H,3,12-19H2,1-2H3,(H,28,32). The Morgan fingerprint density at radius 2 is 1.79 bits per heavy atom. The molecule has 7 nitrogen and oxygen atoms in total. The van der Waals surface area contributed by atoms with E-state index in [-0.39, 0.29) is 5.91 Å². The number of carbonyl (C=O) groups is 1. The highest BCUT2D eigenvalue weighted by molar-refractivity contribution is 5.76. The number of ether oxygens (including phenoxy) is 1. The SMILES string of the molecule is CCOc1ccc(-c2noc(CCC(=O)NCc3ccc(CN4CCC(C)CC4)cc3)n2)cc1. The van der Waals surface area contributed by atoms with Crippen LogP contribution in [-0.4, -0.2) is 40.6 Å². The second-order valence-corrected chi connectivity index (χ2v) is 9.02. The van der Waals surface area contributed by atoms with E-state index in [2.05, 4.69) is 51.5 Å². The number of aryl methyl sites for hydroxylation is 1. The highest BCUT2D eigenvalue weighted by Gasteiger charge is 2.15. The van der Waals surface area contributed by atoms with E-state index in [1.807, 2.05) is 31.2 Å². The minimum absolute atomic E-state index is 0.0349. The Balaban J connectivity index is 1.19. The van der Waals surface area contributed by atoms with Gasteiger partial charge in [-0.15, -0.1) is 0 Å². The largest absolute Gasteiger partial charge is 0.494 e. The van der Waals surface area contributed by atoms with Crippen molar-refractivity contribution in [1.82, 2.24) is 20.4 Å². The molecule has 4 rings (SSSR count). The molecule has 180 valence electrons. The van der Waals surface area contributed by atoms with E-state index >= 15 is 0 Å². The van der Waals surface area contributed by atoms with Gasteiger partial charge in [-0.1, -0.05) is 36.3 Å². The van der Waals surface area contributed by atoms with Crippen molar-refractivity contribution in [3.05, 3.63) is 65.5 Å². The third kappa shape index (κ3) is 6.90. The Hall–Kier alpha value is -3.19. The first-order valence-corrected chi connectivity index (χ1v) is 12.2. The monoisotopic (exact) mass is 462 g/mol. The molecular formula is C27H34N4O3. The Morgan fingerprint density at radius 1 is 1.09 bits per heavy atom. The molecule has 1 aliphatic rings. The van der Waals surface area contributed by atoms with Crippen molar-refractivity contribution >= 4 is 5.91 Å². The van der Waals surface area contributed by atoms with Crippen LogP contribution in [0.25, 0.3) is 11.4 Å². The lowest BCUT2D eigenvalue weighted by Crippen LogP contribution is -2.32. The lowest BCUT2D eigenvalue weighted by molar-refractivity contribution is -0.121. The summed E-state index contributed by atoms with van der Waals surface area (Å²) in [4.78, 5) is 19.2. The maximum Gasteiger partial charge on any atom is 0.227 e. The maximum atomic E-state index is 12.3. The van der Waals surface area contributed by atoms with E-state index in [0.29, 0.717) is 37.7 Å². The fraction of sp³-hybridized carbons (Fsp3) is 0.444. The lowest BCUT2D eigenvalue weighted by Gasteiger charge is -2.30. The molecule has 0 unspecified atom stereocenters. The van der Waals surface area contributed by atoms with Crippen LogP contribution in [0.3, 0.4) is 0 Å². The molecular weight excluding hydrogens is 428 g/mol. The smallest absolute Gasteiger partial charge is 0.227 e. The van der Waals surface area contributed by atoms with Crippen molar-refractivity contribution in [2.45, 2.75) is 52.6 Å². The zero-order valence-corrected chi connectivity index (χ0v) is 20.1. The highest BCUT2D eigenvalue weighted by atomic mass is 16.5. The first-order valence-electron chi connectivity index (χ1n) is 12.2. The molecule has 1 saturated heterocycles. The van der Waals surface area contributed by atoms with Gasteiger partial charge in [0.2, 0.25) is 17.6 Å². The first-order chi connectivity index (χ1) is 16.6. The molecule has 0 saturated carbocycles. The molecule has 7 heteroatoms. The van der Waals surface area contributed by atoms with E-state index in [9.17, 15) is 4.79 Å². The van der Waals surface area contributed by atoms with Gasteiger partial charge in [-0.2, -0.15) is 4.98 Å². The minimum Gasteiger partial charge on any atom is -0.494 e. The summed E-state index contributed by atoms with van der Waals surface area (Å²) in [5, 5.41) is 7.00.